The van der Waals surface area contributed by atoms with E-state index in [1.807, 2.05) is 21.9 Å². The first kappa shape index (κ1) is 22.6. The van der Waals surface area contributed by atoms with Gasteiger partial charge in [-0.1, -0.05) is 49.6 Å². The average Bonchev–Trinajstić information content (AvgIpc) is 3.36. The van der Waals surface area contributed by atoms with Crippen molar-refractivity contribution in [3.8, 4) is 0 Å². The summed E-state index contributed by atoms with van der Waals surface area (Å²) < 4.78 is 5.50. The average molecular weight is 437 g/mol. The third-order valence-electron chi connectivity index (χ3n) is 7.12. The molecule has 0 radical (unpaired) electrons. The van der Waals surface area contributed by atoms with E-state index < -0.39 is 0 Å². The molecule has 2 aliphatic rings. The van der Waals surface area contributed by atoms with Gasteiger partial charge in [-0.05, 0) is 55.7 Å². The number of piperidine rings is 1. The van der Waals surface area contributed by atoms with Gasteiger partial charge >= 0.3 is 0 Å². The summed E-state index contributed by atoms with van der Waals surface area (Å²) in [5.41, 5.74) is 1.38. The normalized spacial score (nSPS) is 17.9. The zero-order valence-corrected chi connectivity index (χ0v) is 19.1. The highest BCUT2D eigenvalue weighted by molar-refractivity contribution is 5.80. The fourth-order valence-corrected chi connectivity index (χ4v) is 5.19. The molecule has 2 amide bonds. The number of carbonyl (C=O) groups is 2. The number of furan rings is 1. The molecule has 4 rings (SSSR count). The van der Waals surface area contributed by atoms with Gasteiger partial charge in [0.25, 0.3) is 0 Å². The van der Waals surface area contributed by atoms with Gasteiger partial charge in [-0.15, -0.1) is 0 Å². The lowest BCUT2D eigenvalue weighted by Crippen LogP contribution is -2.42. The smallest absolute Gasteiger partial charge is 0.226 e. The molecule has 2 fully saturated rings. The maximum Gasteiger partial charge on any atom is 0.226 e. The van der Waals surface area contributed by atoms with E-state index >= 15 is 0 Å². The van der Waals surface area contributed by atoms with Crippen LogP contribution in [-0.2, 0) is 22.6 Å². The zero-order valence-electron chi connectivity index (χ0n) is 19.1. The summed E-state index contributed by atoms with van der Waals surface area (Å²) in [5.74, 6) is 1.88. The molecule has 0 atom stereocenters. The summed E-state index contributed by atoms with van der Waals surface area (Å²) in [7, 11) is 0. The van der Waals surface area contributed by atoms with Crippen LogP contribution in [0.5, 0.6) is 0 Å². The van der Waals surface area contributed by atoms with Crippen LogP contribution in [0.2, 0.25) is 0 Å². The number of nitrogens with zero attached hydrogens (tertiary/aromatic N) is 2. The Morgan fingerprint density at radius 1 is 0.938 bits per heavy atom. The van der Waals surface area contributed by atoms with Crippen molar-refractivity contribution >= 4 is 11.8 Å². The molecule has 2 heterocycles. The summed E-state index contributed by atoms with van der Waals surface area (Å²) in [5, 5.41) is 0. The number of benzene rings is 1. The van der Waals surface area contributed by atoms with Gasteiger partial charge < -0.3 is 14.2 Å². The van der Waals surface area contributed by atoms with Crippen LogP contribution in [0.1, 0.15) is 62.7 Å². The summed E-state index contributed by atoms with van der Waals surface area (Å²) in [6.45, 7) is 2.57. The van der Waals surface area contributed by atoms with Crippen LogP contribution in [0.25, 0.3) is 0 Å². The lowest BCUT2D eigenvalue weighted by molar-refractivity contribution is -0.139. The minimum atomic E-state index is 0.0996. The summed E-state index contributed by atoms with van der Waals surface area (Å²) >= 11 is 0. The maximum atomic E-state index is 13.2. The molecule has 1 aromatic heterocycles. The zero-order chi connectivity index (χ0) is 22.2. The molecule has 0 spiro atoms. The van der Waals surface area contributed by atoms with Gasteiger partial charge in [0, 0.05) is 32.0 Å². The Morgan fingerprint density at radius 3 is 2.38 bits per heavy atom. The highest BCUT2D eigenvalue weighted by atomic mass is 16.3. The minimum Gasteiger partial charge on any atom is -0.467 e. The largest absolute Gasteiger partial charge is 0.467 e. The van der Waals surface area contributed by atoms with Crippen LogP contribution in [0.4, 0.5) is 0 Å². The maximum absolute atomic E-state index is 13.2. The van der Waals surface area contributed by atoms with Crippen molar-refractivity contribution in [2.24, 2.45) is 11.8 Å². The lowest BCUT2D eigenvalue weighted by Gasteiger charge is -2.33. The Kier molecular flexibility index (Phi) is 8.02. The highest BCUT2D eigenvalue weighted by Crippen LogP contribution is 2.27. The Bertz CT molecular complexity index is 835. The first-order valence-electron chi connectivity index (χ1n) is 12.3. The van der Waals surface area contributed by atoms with E-state index in [4.69, 9.17) is 4.42 Å². The van der Waals surface area contributed by atoms with E-state index in [0.29, 0.717) is 25.4 Å². The third-order valence-corrected chi connectivity index (χ3v) is 7.12. The fraction of sp³-hybridized carbons (Fsp3) is 0.556. The van der Waals surface area contributed by atoms with Crippen molar-refractivity contribution < 1.29 is 14.0 Å². The van der Waals surface area contributed by atoms with E-state index in [9.17, 15) is 9.59 Å². The first-order chi connectivity index (χ1) is 15.7. The van der Waals surface area contributed by atoms with E-state index in [-0.39, 0.29) is 17.7 Å². The van der Waals surface area contributed by atoms with Crippen molar-refractivity contribution in [3.05, 3.63) is 60.1 Å². The fourth-order valence-electron chi connectivity index (χ4n) is 5.19. The van der Waals surface area contributed by atoms with Crippen LogP contribution >= 0.6 is 0 Å². The quantitative estimate of drug-likeness (QED) is 0.581. The van der Waals surface area contributed by atoms with Gasteiger partial charge in [-0.3, -0.25) is 9.59 Å². The molecule has 5 heteroatoms. The molecule has 1 saturated carbocycles. The van der Waals surface area contributed by atoms with Crippen molar-refractivity contribution in [1.82, 2.24) is 9.80 Å². The molecule has 1 saturated heterocycles. The molecule has 0 N–H and O–H groups in total. The predicted octanol–water partition coefficient (Wildman–Crippen LogP) is 5.06. The number of likely N-dealkylation sites (tertiary alicyclic amines) is 1. The second-order valence-electron chi connectivity index (χ2n) is 9.44. The Morgan fingerprint density at radius 2 is 1.69 bits per heavy atom. The molecular weight excluding hydrogens is 400 g/mol. The summed E-state index contributed by atoms with van der Waals surface area (Å²) in [4.78, 5) is 30.0. The second-order valence-corrected chi connectivity index (χ2v) is 9.44. The van der Waals surface area contributed by atoms with E-state index in [2.05, 4.69) is 30.3 Å². The van der Waals surface area contributed by atoms with Crippen LogP contribution < -0.4 is 0 Å². The number of hydrogen-bond donors (Lipinski definition) is 0. The molecule has 172 valence electrons. The lowest BCUT2D eigenvalue weighted by atomic mass is 9.88. The van der Waals surface area contributed by atoms with Gasteiger partial charge in [-0.25, -0.2) is 0 Å². The molecule has 1 aliphatic heterocycles. The Balaban J connectivity index is 1.27. The Hall–Kier alpha value is -2.56. The van der Waals surface area contributed by atoms with E-state index in [0.717, 1.165) is 63.8 Å². The molecule has 5 nitrogen and oxygen atoms in total. The standard InChI is InChI=1S/C27H36N2O3/c30-26(28-16-13-23(14-17-28)20-22-8-3-1-4-9-22)15-18-29(21-25-12-7-19-32-25)27(31)24-10-5-2-6-11-24/h1,3-4,7-9,12,19,23-24H,2,5-6,10-11,13-18,20-21H2. The molecule has 0 unspecified atom stereocenters. The SMILES string of the molecule is O=C(CCN(Cc1ccco1)C(=O)C1CCCCC1)N1CCC(Cc2ccccc2)CC1. The molecule has 0 bridgehead atoms. The number of hydrogen-bond acceptors (Lipinski definition) is 3. The van der Waals surface area contributed by atoms with Gasteiger partial charge in [-0.2, -0.15) is 0 Å². The monoisotopic (exact) mass is 436 g/mol. The van der Waals surface area contributed by atoms with Gasteiger partial charge in [0.2, 0.25) is 11.8 Å². The second kappa shape index (κ2) is 11.3. The molecular formula is C27H36N2O3. The molecule has 32 heavy (non-hydrogen) atoms. The number of amides is 2. The molecule has 1 aliphatic carbocycles. The van der Waals surface area contributed by atoms with Crippen LogP contribution in [0, 0.1) is 11.8 Å². The highest BCUT2D eigenvalue weighted by Gasteiger charge is 2.28. The topological polar surface area (TPSA) is 53.8 Å². The van der Waals surface area contributed by atoms with Crippen LogP contribution in [0.15, 0.2) is 53.1 Å². The number of rotatable bonds is 8. The number of carbonyl (C=O) groups excluding carboxylic acids is 2. The third kappa shape index (κ3) is 6.24. The van der Waals surface area contributed by atoms with Crippen LogP contribution in [-0.4, -0.2) is 41.2 Å². The Labute approximate surface area is 191 Å². The summed E-state index contributed by atoms with van der Waals surface area (Å²) in [6, 6.07) is 14.4. The van der Waals surface area contributed by atoms with Crippen molar-refractivity contribution in [2.45, 2.75) is 64.3 Å². The van der Waals surface area contributed by atoms with Crippen molar-refractivity contribution in [3.63, 3.8) is 0 Å². The van der Waals surface area contributed by atoms with Gasteiger partial charge in [0.05, 0.1) is 12.8 Å². The first-order valence-corrected chi connectivity index (χ1v) is 12.3. The van der Waals surface area contributed by atoms with Gasteiger partial charge in [0.15, 0.2) is 0 Å². The minimum absolute atomic E-state index is 0.0996. The molecule has 2 aromatic rings. The van der Waals surface area contributed by atoms with E-state index in [1.54, 1.807) is 6.26 Å². The van der Waals surface area contributed by atoms with Crippen molar-refractivity contribution in [1.29, 1.82) is 0 Å². The van der Waals surface area contributed by atoms with Crippen molar-refractivity contribution in [2.75, 3.05) is 19.6 Å². The van der Waals surface area contributed by atoms with Gasteiger partial charge in [0.1, 0.15) is 5.76 Å². The molecule has 1 aromatic carbocycles. The summed E-state index contributed by atoms with van der Waals surface area (Å²) in [6.07, 6.45) is 10.6. The predicted molar refractivity (Wildman–Crippen MR) is 125 cm³/mol. The van der Waals surface area contributed by atoms with Crippen LogP contribution in [0.3, 0.4) is 0 Å². The van der Waals surface area contributed by atoms with E-state index in [1.165, 1.54) is 12.0 Å².